The molecule has 1 aliphatic rings. The van der Waals surface area contributed by atoms with E-state index in [1.807, 2.05) is 26.8 Å². The van der Waals surface area contributed by atoms with Crippen molar-refractivity contribution in [2.75, 3.05) is 0 Å². The van der Waals surface area contributed by atoms with E-state index in [9.17, 15) is 9.59 Å². The number of nitrogens with one attached hydrogen (secondary N) is 1. The van der Waals surface area contributed by atoms with Gasteiger partial charge in [-0.1, -0.05) is 33.3 Å². The molecule has 0 saturated carbocycles. The summed E-state index contributed by atoms with van der Waals surface area (Å²) in [6, 6.07) is -0.621. The number of rotatable bonds is 5. The van der Waals surface area contributed by atoms with Crippen LogP contribution in [-0.2, 0) is 14.3 Å². The Kier molecular flexibility index (Phi) is 9.61. The zero-order valence-corrected chi connectivity index (χ0v) is 15.5. The maximum atomic E-state index is 12.1. The summed E-state index contributed by atoms with van der Waals surface area (Å²) in [4.78, 5) is 24.0. The first-order valence-electron chi connectivity index (χ1n) is 8.57. The van der Waals surface area contributed by atoms with Gasteiger partial charge < -0.3 is 14.8 Å². The molecule has 3 atom stereocenters. The highest BCUT2D eigenvalue weighted by molar-refractivity contribution is 5.82. The van der Waals surface area contributed by atoms with Crippen molar-refractivity contribution in [1.82, 2.24) is 5.32 Å². The maximum Gasteiger partial charge on any atom is 0.408 e. The van der Waals surface area contributed by atoms with Crippen molar-refractivity contribution in [3.8, 4) is 0 Å². The SMILES string of the molecule is C=CCCC1CC(CC)C(NC(=O)OC(C)(C)C)C(=O)O1.CC. The van der Waals surface area contributed by atoms with Gasteiger partial charge in [0.2, 0.25) is 0 Å². The maximum absolute atomic E-state index is 12.1. The van der Waals surface area contributed by atoms with Crippen molar-refractivity contribution in [2.45, 2.75) is 85.0 Å². The van der Waals surface area contributed by atoms with Gasteiger partial charge in [0, 0.05) is 0 Å². The number of hydrogen-bond acceptors (Lipinski definition) is 4. The molecule has 5 nitrogen and oxygen atoms in total. The van der Waals surface area contributed by atoms with E-state index < -0.39 is 17.7 Å². The van der Waals surface area contributed by atoms with Crippen molar-refractivity contribution < 1.29 is 19.1 Å². The number of carbonyl (C=O) groups excluding carboxylic acids is 2. The molecule has 1 fully saturated rings. The summed E-state index contributed by atoms with van der Waals surface area (Å²) in [7, 11) is 0. The van der Waals surface area contributed by atoms with Gasteiger partial charge in [0.1, 0.15) is 17.7 Å². The summed E-state index contributed by atoms with van der Waals surface area (Å²) in [6.07, 6.45) is 4.32. The van der Waals surface area contributed by atoms with E-state index in [2.05, 4.69) is 11.9 Å². The standard InChI is InChI=1S/C16H27NO4.C2H6/c1-6-8-9-12-10-11(7-2)13(14(18)20-12)17-15(19)21-16(3,4)5;1-2/h6,11-13H,1,7-10H2,2-5H3,(H,17,19);1-2H3. The molecule has 0 aromatic rings. The average molecular weight is 327 g/mol. The predicted molar refractivity (Wildman–Crippen MR) is 92.2 cm³/mol. The highest BCUT2D eigenvalue weighted by Crippen LogP contribution is 2.27. The van der Waals surface area contributed by atoms with E-state index in [-0.39, 0.29) is 18.0 Å². The molecule has 5 heteroatoms. The van der Waals surface area contributed by atoms with Crippen LogP contribution < -0.4 is 5.32 Å². The minimum Gasteiger partial charge on any atom is -0.461 e. The van der Waals surface area contributed by atoms with E-state index in [4.69, 9.17) is 9.47 Å². The molecule has 0 spiro atoms. The minimum atomic E-state index is -0.621. The fraction of sp³-hybridized carbons (Fsp3) is 0.778. The van der Waals surface area contributed by atoms with Gasteiger partial charge in [0.25, 0.3) is 0 Å². The molecule has 1 saturated heterocycles. The molecule has 3 unspecified atom stereocenters. The Morgan fingerprint density at radius 2 is 2.04 bits per heavy atom. The van der Waals surface area contributed by atoms with Gasteiger partial charge in [-0.15, -0.1) is 6.58 Å². The first-order valence-corrected chi connectivity index (χ1v) is 8.57. The van der Waals surface area contributed by atoms with Crippen molar-refractivity contribution in [2.24, 2.45) is 5.92 Å². The van der Waals surface area contributed by atoms with Crippen LogP contribution in [0.3, 0.4) is 0 Å². The fourth-order valence-corrected chi connectivity index (χ4v) is 2.45. The minimum absolute atomic E-state index is 0.0774. The summed E-state index contributed by atoms with van der Waals surface area (Å²) < 4.78 is 10.6. The molecule has 0 aliphatic carbocycles. The Morgan fingerprint density at radius 3 is 2.52 bits per heavy atom. The van der Waals surface area contributed by atoms with E-state index in [1.165, 1.54) is 0 Å². The molecule has 0 bridgehead atoms. The summed E-state index contributed by atoms with van der Waals surface area (Å²) in [5.74, 6) is -0.290. The molecule has 0 aromatic heterocycles. The highest BCUT2D eigenvalue weighted by atomic mass is 16.6. The number of ether oxygens (including phenoxy) is 2. The molecule has 1 heterocycles. The van der Waals surface area contributed by atoms with Crippen molar-refractivity contribution >= 4 is 12.1 Å². The Bertz CT molecular complexity index is 387. The van der Waals surface area contributed by atoms with Crippen LogP contribution in [-0.4, -0.2) is 29.8 Å². The van der Waals surface area contributed by atoms with Crippen LogP contribution in [0.1, 0.15) is 67.2 Å². The van der Waals surface area contributed by atoms with Crippen molar-refractivity contribution in [3.63, 3.8) is 0 Å². The molecule has 134 valence electrons. The Morgan fingerprint density at radius 1 is 1.43 bits per heavy atom. The molecule has 1 N–H and O–H groups in total. The fourth-order valence-electron chi connectivity index (χ4n) is 2.45. The molecule has 0 aromatic carbocycles. The summed E-state index contributed by atoms with van der Waals surface area (Å²) in [6.45, 7) is 15.0. The molecule has 1 rings (SSSR count). The van der Waals surface area contributed by atoms with Gasteiger partial charge in [-0.25, -0.2) is 9.59 Å². The van der Waals surface area contributed by atoms with Gasteiger partial charge in [-0.3, -0.25) is 0 Å². The normalized spacial score (nSPS) is 23.9. The van der Waals surface area contributed by atoms with Gasteiger partial charge in [0.05, 0.1) is 0 Å². The Balaban J connectivity index is 0.00000232. The van der Waals surface area contributed by atoms with E-state index in [1.54, 1.807) is 20.8 Å². The zero-order valence-electron chi connectivity index (χ0n) is 15.5. The lowest BCUT2D eigenvalue weighted by Crippen LogP contribution is -2.52. The number of hydrogen-bond donors (Lipinski definition) is 1. The second-order valence-electron chi connectivity index (χ2n) is 6.45. The summed E-state index contributed by atoms with van der Waals surface area (Å²) in [5, 5.41) is 2.65. The van der Waals surface area contributed by atoms with Crippen LogP contribution in [0.5, 0.6) is 0 Å². The lowest BCUT2D eigenvalue weighted by molar-refractivity contribution is -0.161. The van der Waals surface area contributed by atoms with Crippen LogP contribution in [0, 0.1) is 5.92 Å². The third-order valence-corrected chi connectivity index (χ3v) is 3.46. The number of allylic oxidation sites excluding steroid dienone is 1. The molecular weight excluding hydrogens is 294 g/mol. The lowest BCUT2D eigenvalue weighted by atomic mass is 9.87. The van der Waals surface area contributed by atoms with Crippen LogP contribution >= 0.6 is 0 Å². The Labute approximate surface area is 140 Å². The van der Waals surface area contributed by atoms with E-state index in [0.717, 1.165) is 25.7 Å². The first-order chi connectivity index (χ1) is 10.8. The predicted octanol–water partition coefficient (Wildman–Crippen LogP) is 4.21. The first kappa shape index (κ1) is 21.5. The van der Waals surface area contributed by atoms with E-state index in [0.29, 0.717) is 0 Å². The third kappa shape index (κ3) is 8.05. The number of esters is 1. The van der Waals surface area contributed by atoms with Gasteiger partial charge in [-0.05, 0) is 46.0 Å². The second kappa shape index (κ2) is 10.3. The van der Waals surface area contributed by atoms with Crippen LogP contribution in [0.2, 0.25) is 0 Å². The average Bonchev–Trinajstić information content (AvgIpc) is 2.47. The molecule has 0 radical (unpaired) electrons. The van der Waals surface area contributed by atoms with E-state index >= 15 is 0 Å². The number of amides is 1. The molecule has 1 aliphatic heterocycles. The van der Waals surface area contributed by atoms with Crippen molar-refractivity contribution in [1.29, 1.82) is 0 Å². The molecule has 23 heavy (non-hydrogen) atoms. The summed E-state index contributed by atoms with van der Waals surface area (Å²) in [5.41, 5.74) is -0.586. The van der Waals surface area contributed by atoms with Gasteiger partial charge in [-0.2, -0.15) is 0 Å². The highest BCUT2D eigenvalue weighted by Gasteiger charge is 2.38. The van der Waals surface area contributed by atoms with Crippen LogP contribution in [0.4, 0.5) is 4.79 Å². The molecular formula is C18H33NO4. The number of alkyl carbamates (subject to hydrolysis) is 1. The van der Waals surface area contributed by atoms with Crippen LogP contribution in [0.25, 0.3) is 0 Å². The van der Waals surface area contributed by atoms with Gasteiger partial charge in [0.15, 0.2) is 0 Å². The number of carbonyl (C=O) groups is 2. The Hall–Kier alpha value is -1.52. The largest absolute Gasteiger partial charge is 0.461 e. The molecule has 1 amide bonds. The quantitative estimate of drug-likeness (QED) is 0.607. The topological polar surface area (TPSA) is 64.6 Å². The van der Waals surface area contributed by atoms with Crippen LogP contribution in [0.15, 0.2) is 12.7 Å². The van der Waals surface area contributed by atoms with Gasteiger partial charge >= 0.3 is 12.1 Å². The second-order valence-corrected chi connectivity index (χ2v) is 6.45. The zero-order chi connectivity index (χ0) is 18.0. The monoisotopic (exact) mass is 327 g/mol. The summed E-state index contributed by atoms with van der Waals surface area (Å²) >= 11 is 0. The smallest absolute Gasteiger partial charge is 0.408 e. The lowest BCUT2D eigenvalue weighted by Gasteiger charge is -2.35. The number of cyclic esters (lactones) is 1. The third-order valence-electron chi connectivity index (χ3n) is 3.46. The van der Waals surface area contributed by atoms with Crippen molar-refractivity contribution in [3.05, 3.63) is 12.7 Å².